The van der Waals surface area contributed by atoms with Crippen molar-refractivity contribution >= 4 is 34.7 Å². The summed E-state index contributed by atoms with van der Waals surface area (Å²) in [5, 5.41) is 2.81. The van der Waals surface area contributed by atoms with E-state index in [1.54, 1.807) is 0 Å². The highest BCUT2D eigenvalue weighted by molar-refractivity contribution is 14.1. The van der Waals surface area contributed by atoms with Gasteiger partial charge in [0.15, 0.2) is 0 Å². The Labute approximate surface area is 136 Å². The van der Waals surface area contributed by atoms with Crippen LogP contribution in [0.4, 0.5) is 4.79 Å². The van der Waals surface area contributed by atoms with Crippen molar-refractivity contribution in [1.29, 1.82) is 0 Å². The second-order valence-electron chi connectivity index (χ2n) is 5.38. The molecule has 1 aliphatic heterocycles. The summed E-state index contributed by atoms with van der Waals surface area (Å²) in [7, 11) is 0. The molecule has 2 aliphatic rings. The van der Waals surface area contributed by atoms with Crippen molar-refractivity contribution in [2.24, 2.45) is 5.92 Å². The van der Waals surface area contributed by atoms with Crippen molar-refractivity contribution in [3.05, 3.63) is 35.9 Å². The van der Waals surface area contributed by atoms with Crippen LogP contribution < -0.4 is 5.32 Å². The zero-order valence-electron chi connectivity index (χ0n) is 11.3. The number of amides is 1. The van der Waals surface area contributed by atoms with Gasteiger partial charge in [-0.3, -0.25) is 4.79 Å². The number of carbonyl (C=O) groups excluding carboxylic acids is 2. The fourth-order valence-electron chi connectivity index (χ4n) is 2.82. The number of esters is 1. The predicted octanol–water partition coefficient (Wildman–Crippen LogP) is 2.42. The van der Waals surface area contributed by atoms with E-state index in [1.807, 2.05) is 30.3 Å². The molecule has 5 nitrogen and oxygen atoms in total. The van der Waals surface area contributed by atoms with Gasteiger partial charge in [-0.1, -0.05) is 52.9 Å². The fourth-order valence-corrected chi connectivity index (χ4v) is 3.80. The van der Waals surface area contributed by atoms with Crippen molar-refractivity contribution < 1.29 is 19.1 Å². The summed E-state index contributed by atoms with van der Waals surface area (Å²) in [6.45, 7) is 0.227. The molecule has 0 radical (unpaired) electrons. The van der Waals surface area contributed by atoms with Crippen molar-refractivity contribution in [3.63, 3.8) is 0 Å². The average Bonchev–Trinajstić information content (AvgIpc) is 2.83. The second kappa shape index (κ2) is 6.21. The second-order valence-corrected chi connectivity index (χ2v) is 6.98. The third kappa shape index (κ3) is 3.30. The van der Waals surface area contributed by atoms with Crippen LogP contribution in [0, 0.1) is 5.92 Å². The number of carbonyl (C=O) groups is 2. The molecular weight excluding hydrogens is 385 g/mol. The van der Waals surface area contributed by atoms with Gasteiger partial charge < -0.3 is 14.8 Å². The minimum atomic E-state index is -0.481. The van der Waals surface area contributed by atoms with Crippen LogP contribution in [0.5, 0.6) is 0 Å². The third-order valence-electron chi connectivity index (χ3n) is 3.94. The molecule has 1 heterocycles. The summed E-state index contributed by atoms with van der Waals surface area (Å²) in [5.41, 5.74) is 0.934. The topological polar surface area (TPSA) is 64.6 Å². The van der Waals surface area contributed by atoms with Crippen LogP contribution in [-0.2, 0) is 20.9 Å². The van der Waals surface area contributed by atoms with E-state index in [1.165, 1.54) is 0 Å². The molecule has 0 spiro atoms. The number of benzene rings is 1. The Morgan fingerprint density at radius 3 is 2.86 bits per heavy atom. The maximum Gasteiger partial charge on any atom is 0.407 e. The Kier molecular flexibility index (Phi) is 4.32. The molecule has 1 aromatic carbocycles. The summed E-state index contributed by atoms with van der Waals surface area (Å²) in [6.07, 6.45) is 0.949. The molecule has 1 saturated heterocycles. The van der Waals surface area contributed by atoms with Gasteiger partial charge in [0.1, 0.15) is 12.7 Å². The lowest BCUT2D eigenvalue weighted by atomic mass is 9.85. The average molecular weight is 401 g/mol. The van der Waals surface area contributed by atoms with Crippen LogP contribution in [0.2, 0.25) is 0 Å². The molecule has 6 heteroatoms. The molecule has 1 amide bonds. The zero-order chi connectivity index (χ0) is 14.8. The molecule has 4 atom stereocenters. The number of rotatable bonds is 3. The Hall–Kier alpha value is -1.31. The monoisotopic (exact) mass is 401 g/mol. The number of alkyl halides is 1. The smallest absolute Gasteiger partial charge is 0.407 e. The molecular formula is C15H16INO4. The van der Waals surface area contributed by atoms with Crippen LogP contribution in [0.1, 0.15) is 18.4 Å². The van der Waals surface area contributed by atoms with Gasteiger partial charge in [0.2, 0.25) is 0 Å². The molecule has 1 aliphatic carbocycles. The minimum absolute atomic E-state index is 0.00138. The molecule has 1 saturated carbocycles. The summed E-state index contributed by atoms with van der Waals surface area (Å²) in [5.74, 6) is -0.433. The van der Waals surface area contributed by atoms with Gasteiger partial charge >= 0.3 is 12.1 Å². The highest BCUT2D eigenvalue weighted by atomic mass is 127. The van der Waals surface area contributed by atoms with Gasteiger partial charge in [0.05, 0.1) is 9.84 Å². The molecule has 0 aromatic heterocycles. The van der Waals surface area contributed by atoms with Crippen LogP contribution in [0.3, 0.4) is 0 Å². The number of ether oxygens (including phenoxy) is 2. The van der Waals surface area contributed by atoms with E-state index in [-0.39, 0.29) is 34.6 Å². The van der Waals surface area contributed by atoms with Gasteiger partial charge in [-0.25, -0.2) is 4.79 Å². The molecule has 3 rings (SSSR count). The molecule has 21 heavy (non-hydrogen) atoms. The number of halogens is 1. The van der Waals surface area contributed by atoms with E-state index >= 15 is 0 Å². The summed E-state index contributed by atoms with van der Waals surface area (Å²) in [4.78, 5) is 23.6. The van der Waals surface area contributed by atoms with Gasteiger partial charge in [-0.05, 0) is 12.0 Å². The van der Waals surface area contributed by atoms with E-state index in [0.29, 0.717) is 6.42 Å². The standard InChI is InChI=1S/C15H16INO4/c16-11-7-12(10-6-13(11)21-14(10)18)17-15(19)20-8-9-4-2-1-3-5-9/h1-5,10-13H,6-8H2,(H,17,19)/t10-,11+,12+,13+/m0/s1. The molecule has 2 fully saturated rings. The van der Waals surface area contributed by atoms with Gasteiger partial charge in [0.25, 0.3) is 0 Å². The summed E-state index contributed by atoms with van der Waals surface area (Å²) in [6, 6.07) is 9.30. The maximum absolute atomic E-state index is 11.9. The lowest BCUT2D eigenvalue weighted by Crippen LogP contribution is -2.46. The Balaban J connectivity index is 1.54. The van der Waals surface area contributed by atoms with Crippen molar-refractivity contribution in [3.8, 4) is 0 Å². The van der Waals surface area contributed by atoms with E-state index in [2.05, 4.69) is 27.9 Å². The van der Waals surface area contributed by atoms with Crippen LogP contribution in [0.15, 0.2) is 30.3 Å². The van der Waals surface area contributed by atoms with Crippen LogP contribution >= 0.6 is 22.6 Å². The quantitative estimate of drug-likeness (QED) is 0.480. The van der Waals surface area contributed by atoms with E-state index < -0.39 is 6.09 Å². The first-order chi connectivity index (χ1) is 10.1. The Bertz CT molecular complexity index is 536. The highest BCUT2D eigenvalue weighted by Gasteiger charge is 2.48. The number of nitrogens with one attached hydrogen (secondary N) is 1. The first-order valence-corrected chi connectivity index (χ1v) is 8.20. The zero-order valence-corrected chi connectivity index (χ0v) is 13.5. The lowest BCUT2D eigenvalue weighted by molar-refractivity contribution is -0.143. The number of fused-ring (bicyclic) bond motifs is 2. The van der Waals surface area contributed by atoms with Crippen LogP contribution in [-0.4, -0.2) is 28.1 Å². The Morgan fingerprint density at radius 1 is 1.33 bits per heavy atom. The van der Waals surface area contributed by atoms with Gasteiger partial charge in [0, 0.05) is 12.5 Å². The normalized spacial score (nSPS) is 30.6. The molecule has 0 unspecified atom stereocenters. The Morgan fingerprint density at radius 2 is 2.10 bits per heavy atom. The minimum Gasteiger partial charge on any atom is -0.461 e. The number of hydrogen-bond donors (Lipinski definition) is 1. The summed E-state index contributed by atoms with van der Waals surface area (Å²) < 4.78 is 10.7. The van der Waals surface area contributed by atoms with Crippen molar-refractivity contribution in [2.75, 3.05) is 0 Å². The van der Waals surface area contributed by atoms with Gasteiger partial charge in [-0.15, -0.1) is 0 Å². The van der Waals surface area contributed by atoms with E-state index in [0.717, 1.165) is 12.0 Å². The first-order valence-electron chi connectivity index (χ1n) is 6.95. The largest absolute Gasteiger partial charge is 0.461 e. The third-order valence-corrected chi connectivity index (χ3v) is 5.25. The molecule has 1 N–H and O–H groups in total. The van der Waals surface area contributed by atoms with Gasteiger partial charge in [-0.2, -0.15) is 0 Å². The van der Waals surface area contributed by atoms with E-state index in [9.17, 15) is 9.59 Å². The fraction of sp³-hybridized carbons (Fsp3) is 0.467. The molecule has 2 bridgehead atoms. The van der Waals surface area contributed by atoms with E-state index in [4.69, 9.17) is 9.47 Å². The molecule has 1 aromatic rings. The number of hydrogen-bond acceptors (Lipinski definition) is 4. The first kappa shape index (κ1) is 14.6. The molecule has 112 valence electrons. The lowest BCUT2D eigenvalue weighted by Gasteiger charge is -2.28. The maximum atomic E-state index is 11.9. The predicted molar refractivity (Wildman–Crippen MR) is 84.0 cm³/mol. The highest BCUT2D eigenvalue weighted by Crippen LogP contribution is 2.38. The van der Waals surface area contributed by atoms with Crippen molar-refractivity contribution in [1.82, 2.24) is 5.32 Å². The van der Waals surface area contributed by atoms with Crippen LogP contribution in [0.25, 0.3) is 0 Å². The summed E-state index contributed by atoms with van der Waals surface area (Å²) >= 11 is 2.28. The SMILES string of the molecule is O=C(N[C@@H]1C[C@@H](I)[C@H]2C[C@@H]1C(=O)O2)OCc1ccccc1. The van der Waals surface area contributed by atoms with Crippen molar-refractivity contribution in [2.45, 2.75) is 35.5 Å². The number of alkyl carbamates (subject to hydrolysis) is 1.